The maximum atomic E-state index is 13.2. The van der Waals surface area contributed by atoms with Crippen molar-refractivity contribution in [2.45, 2.75) is 0 Å². The summed E-state index contributed by atoms with van der Waals surface area (Å²) in [6, 6.07) is 6.42. The quantitative estimate of drug-likeness (QED) is 0.767. The third-order valence-electron chi connectivity index (χ3n) is 1.63. The van der Waals surface area contributed by atoms with Gasteiger partial charge in [0.2, 0.25) is 0 Å². The maximum Gasteiger partial charge on any atom is 0.264 e. The molecule has 0 bridgehead atoms. The smallest absolute Gasteiger partial charge is 0.264 e. The van der Waals surface area contributed by atoms with Crippen LogP contribution < -0.4 is 0 Å². The lowest BCUT2D eigenvalue weighted by Gasteiger charge is -1.95. The number of rotatable bonds is 1. The van der Waals surface area contributed by atoms with Gasteiger partial charge >= 0.3 is 0 Å². The predicted molar refractivity (Wildman–Crippen MR) is 49.6 cm³/mol. The first-order valence-corrected chi connectivity index (χ1v) is 4.42. The number of halogens is 2. The molecule has 1 heterocycles. The number of nitrogens with zero attached hydrogens (tertiary/aromatic N) is 1. The van der Waals surface area contributed by atoms with E-state index in [0.29, 0.717) is 16.1 Å². The minimum Gasteiger partial charge on any atom is -0.439 e. The van der Waals surface area contributed by atoms with E-state index >= 15 is 0 Å². The van der Waals surface area contributed by atoms with Crippen LogP contribution in [-0.2, 0) is 0 Å². The fourth-order valence-electron chi connectivity index (χ4n) is 1.04. The van der Waals surface area contributed by atoms with E-state index in [0.717, 1.165) is 0 Å². The molecule has 0 spiro atoms. The second-order valence-corrected chi connectivity index (χ2v) is 3.14. The van der Waals surface area contributed by atoms with Crippen molar-refractivity contribution < 1.29 is 8.81 Å². The van der Waals surface area contributed by atoms with Crippen LogP contribution in [0.25, 0.3) is 11.3 Å². The molecule has 0 N–H and O–H groups in total. The molecule has 0 radical (unpaired) electrons. The minimum absolute atomic E-state index is 0.302. The molecule has 13 heavy (non-hydrogen) atoms. The first kappa shape index (κ1) is 8.44. The highest BCUT2D eigenvalue weighted by Gasteiger charge is 2.07. The molecule has 2 nitrogen and oxygen atoms in total. The number of hydrogen-bond donors (Lipinski definition) is 0. The zero-order valence-corrected chi connectivity index (χ0v) is 8.08. The Balaban J connectivity index is 2.52. The molecule has 0 amide bonds. The van der Waals surface area contributed by atoms with E-state index in [9.17, 15) is 4.39 Å². The molecule has 0 aliphatic rings. The van der Waals surface area contributed by atoms with Gasteiger partial charge < -0.3 is 4.42 Å². The average molecular weight is 242 g/mol. The first-order valence-electron chi connectivity index (χ1n) is 3.63. The van der Waals surface area contributed by atoms with Crippen molar-refractivity contribution in [3.05, 3.63) is 41.1 Å². The molecule has 0 saturated heterocycles. The molecule has 1 aromatic heterocycles. The molecular weight excluding hydrogens is 237 g/mol. The summed E-state index contributed by atoms with van der Waals surface area (Å²) in [5.74, 6) is -0.302. The van der Waals surface area contributed by atoms with Gasteiger partial charge in [0, 0.05) is 21.5 Å². The molecule has 0 fully saturated rings. The summed E-state index contributed by atoms with van der Waals surface area (Å²) in [6.07, 6.45) is 1.41. The highest BCUT2D eigenvalue weighted by molar-refractivity contribution is 9.10. The fourth-order valence-corrected chi connectivity index (χ4v) is 1.33. The Morgan fingerprint density at radius 3 is 2.69 bits per heavy atom. The van der Waals surface area contributed by atoms with Gasteiger partial charge in [-0.25, -0.2) is 9.37 Å². The third-order valence-corrected chi connectivity index (χ3v) is 1.99. The van der Waals surface area contributed by atoms with E-state index in [1.807, 2.05) is 0 Å². The molecule has 66 valence electrons. The lowest BCUT2D eigenvalue weighted by molar-refractivity contribution is 0.529. The molecule has 0 atom stereocenters. The van der Waals surface area contributed by atoms with Crippen LogP contribution in [0.15, 0.2) is 39.7 Å². The maximum absolute atomic E-state index is 13.2. The van der Waals surface area contributed by atoms with E-state index in [2.05, 4.69) is 20.9 Å². The van der Waals surface area contributed by atoms with Crippen molar-refractivity contribution in [3.8, 4) is 11.3 Å². The molecule has 2 aromatic rings. The van der Waals surface area contributed by atoms with Crippen molar-refractivity contribution in [1.82, 2.24) is 4.98 Å². The van der Waals surface area contributed by atoms with Gasteiger partial charge in [-0.1, -0.05) is 12.1 Å². The number of oxazole rings is 1. The van der Waals surface area contributed by atoms with E-state index in [1.54, 1.807) is 18.2 Å². The van der Waals surface area contributed by atoms with Crippen molar-refractivity contribution in [1.29, 1.82) is 0 Å². The van der Waals surface area contributed by atoms with Gasteiger partial charge in [-0.3, -0.25) is 0 Å². The summed E-state index contributed by atoms with van der Waals surface area (Å²) >= 11 is 3.05. The second-order valence-electron chi connectivity index (χ2n) is 2.47. The topological polar surface area (TPSA) is 26.0 Å². The summed E-state index contributed by atoms with van der Waals surface area (Å²) in [7, 11) is 0. The number of hydrogen-bond acceptors (Lipinski definition) is 2. The standard InChI is InChI=1S/C9H5BrFNO/c10-9-12-8(5-13-9)6-3-1-2-4-7(6)11/h1-5H. The van der Waals surface area contributed by atoms with E-state index in [4.69, 9.17) is 4.42 Å². The van der Waals surface area contributed by atoms with Gasteiger partial charge in [0.15, 0.2) is 0 Å². The molecule has 0 aliphatic carbocycles. The van der Waals surface area contributed by atoms with Crippen molar-refractivity contribution >= 4 is 15.9 Å². The Kier molecular flexibility index (Phi) is 2.14. The summed E-state index contributed by atoms with van der Waals surface area (Å²) in [6.45, 7) is 0. The van der Waals surface area contributed by atoms with Crippen molar-refractivity contribution in [2.75, 3.05) is 0 Å². The monoisotopic (exact) mass is 241 g/mol. The van der Waals surface area contributed by atoms with E-state index in [-0.39, 0.29) is 5.82 Å². The third kappa shape index (κ3) is 1.62. The van der Waals surface area contributed by atoms with E-state index < -0.39 is 0 Å². The Bertz CT molecular complexity index is 427. The summed E-state index contributed by atoms with van der Waals surface area (Å²) in [5.41, 5.74) is 0.932. The Morgan fingerprint density at radius 1 is 1.31 bits per heavy atom. The van der Waals surface area contributed by atoms with Gasteiger partial charge in [0.05, 0.1) is 0 Å². The molecule has 0 unspecified atom stereocenters. The van der Waals surface area contributed by atoms with Gasteiger partial charge in [-0.05, 0) is 12.1 Å². The van der Waals surface area contributed by atoms with Crippen LogP contribution in [-0.4, -0.2) is 4.98 Å². The molecular formula is C9H5BrFNO. The normalized spacial score (nSPS) is 10.3. The fraction of sp³-hybridized carbons (Fsp3) is 0. The zero-order valence-electron chi connectivity index (χ0n) is 6.50. The lowest BCUT2D eigenvalue weighted by atomic mass is 10.2. The number of benzene rings is 1. The Labute approximate surface area is 82.5 Å². The second kappa shape index (κ2) is 3.30. The number of aromatic nitrogens is 1. The van der Waals surface area contributed by atoms with Gasteiger partial charge in [0.1, 0.15) is 17.8 Å². The van der Waals surface area contributed by atoms with Gasteiger partial charge in [-0.2, -0.15) is 0 Å². The zero-order chi connectivity index (χ0) is 9.26. The van der Waals surface area contributed by atoms with E-state index in [1.165, 1.54) is 12.3 Å². The van der Waals surface area contributed by atoms with Gasteiger partial charge in [0.25, 0.3) is 4.80 Å². The summed E-state index contributed by atoms with van der Waals surface area (Å²) in [4.78, 5) is 4.30. The van der Waals surface area contributed by atoms with Crippen molar-refractivity contribution in [3.63, 3.8) is 0 Å². The summed E-state index contributed by atoms with van der Waals surface area (Å²) in [5, 5.41) is 0. The van der Waals surface area contributed by atoms with Gasteiger partial charge in [-0.15, -0.1) is 0 Å². The van der Waals surface area contributed by atoms with Crippen LogP contribution in [0.3, 0.4) is 0 Å². The molecule has 2 rings (SSSR count). The Hall–Kier alpha value is -1.16. The largest absolute Gasteiger partial charge is 0.439 e. The van der Waals surface area contributed by atoms with Crippen molar-refractivity contribution in [2.24, 2.45) is 0 Å². The van der Waals surface area contributed by atoms with Crippen LogP contribution in [0.1, 0.15) is 0 Å². The molecule has 0 saturated carbocycles. The lowest BCUT2D eigenvalue weighted by Crippen LogP contribution is -1.82. The van der Waals surface area contributed by atoms with Crippen LogP contribution in [0.2, 0.25) is 0 Å². The van der Waals surface area contributed by atoms with Crippen LogP contribution >= 0.6 is 15.9 Å². The highest BCUT2D eigenvalue weighted by atomic mass is 79.9. The summed E-state index contributed by atoms with van der Waals surface area (Å²) < 4.78 is 18.1. The molecule has 1 aromatic carbocycles. The predicted octanol–water partition coefficient (Wildman–Crippen LogP) is 3.24. The van der Waals surface area contributed by atoms with Crippen LogP contribution in [0.4, 0.5) is 4.39 Å². The average Bonchev–Trinajstić information content (AvgIpc) is 2.53. The SMILES string of the molecule is Fc1ccccc1-c1coc(Br)n1. The minimum atomic E-state index is -0.302. The molecule has 4 heteroatoms. The Morgan fingerprint density at radius 2 is 2.08 bits per heavy atom. The molecule has 0 aliphatic heterocycles. The first-order chi connectivity index (χ1) is 6.27. The van der Waals surface area contributed by atoms with Crippen LogP contribution in [0, 0.1) is 5.82 Å². The highest BCUT2D eigenvalue weighted by Crippen LogP contribution is 2.23. The van der Waals surface area contributed by atoms with Crippen LogP contribution in [0.5, 0.6) is 0 Å².